The molecule has 1 atom stereocenters. The lowest BCUT2D eigenvalue weighted by Gasteiger charge is -2.23. The first-order valence-electron chi connectivity index (χ1n) is 7.77. The quantitative estimate of drug-likeness (QED) is 0.722. The molecule has 1 unspecified atom stereocenters. The summed E-state index contributed by atoms with van der Waals surface area (Å²) in [5, 5.41) is 9.33. The van der Waals surface area contributed by atoms with Crippen LogP contribution in [0.5, 0.6) is 0 Å². The molecule has 0 aromatic carbocycles. The first kappa shape index (κ1) is 14.5. The number of aryl methyl sites for hydroxylation is 1. The highest BCUT2D eigenvalue weighted by Crippen LogP contribution is 2.21. The van der Waals surface area contributed by atoms with Crippen molar-refractivity contribution >= 4 is 16.3 Å². The van der Waals surface area contributed by atoms with E-state index < -0.39 is 0 Å². The van der Waals surface area contributed by atoms with E-state index in [2.05, 4.69) is 20.1 Å². The molecule has 3 aromatic heterocycles. The van der Waals surface area contributed by atoms with Gasteiger partial charge in [-0.15, -0.1) is 0 Å². The molecule has 3 aromatic rings. The summed E-state index contributed by atoms with van der Waals surface area (Å²) >= 11 is 1.45. The van der Waals surface area contributed by atoms with Crippen LogP contribution < -0.4 is 5.56 Å². The van der Waals surface area contributed by atoms with E-state index >= 15 is 0 Å². The third-order valence-corrected chi connectivity index (χ3v) is 5.04. The molecule has 8 heteroatoms. The SMILES string of the molecule is Cc1nn2c(=O)cc(CN3CCCC3Cn3cccn3)nc2s1. The van der Waals surface area contributed by atoms with Crippen LogP contribution in [0.4, 0.5) is 0 Å². The normalized spacial score (nSPS) is 18.9. The van der Waals surface area contributed by atoms with Crippen molar-refractivity contribution in [3.8, 4) is 0 Å². The zero-order valence-electron chi connectivity index (χ0n) is 12.9. The van der Waals surface area contributed by atoms with Gasteiger partial charge in [0.15, 0.2) is 0 Å². The van der Waals surface area contributed by atoms with E-state index in [0.29, 0.717) is 17.5 Å². The number of nitrogens with zero attached hydrogens (tertiary/aromatic N) is 6. The van der Waals surface area contributed by atoms with Gasteiger partial charge >= 0.3 is 0 Å². The Morgan fingerprint density at radius 2 is 2.35 bits per heavy atom. The Bertz CT molecular complexity index is 868. The van der Waals surface area contributed by atoms with Crippen molar-refractivity contribution in [3.63, 3.8) is 0 Å². The second-order valence-electron chi connectivity index (χ2n) is 5.90. The third-order valence-electron chi connectivity index (χ3n) is 4.22. The van der Waals surface area contributed by atoms with Crippen LogP contribution in [-0.4, -0.2) is 41.9 Å². The molecule has 0 aliphatic carbocycles. The third kappa shape index (κ3) is 2.91. The summed E-state index contributed by atoms with van der Waals surface area (Å²) in [6, 6.07) is 4.00. The molecule has 23 heavy (non-hydrogen) atoms. The van der Waals surface area contributed by atoms with Crippen molar-refractivity contribution in [1.82, 2.24) is 29.3 Å². The minimum absolute atomic E-state index is 0.0998. The van der Waals surface area contributed by atoms with Gasteiger partial charge in [-0.25, -0.2) is 4.98 Å². The molecule has 1 saturated heterocycles. The van der Waals surface area contributed by atoms with E-state index in [4.69, 9.17) is 0 Å². The monoisotopic (exact) mass is 330 g/mol. The number of rotatable bonds is 4. The van der Waals surface area contributed by atoms with Crippen molar-refractivity contribution in [2.75, 3.05) is 6.54 Å². The van der Waals surface area contributed by atoms with E-state index in [9.17, 15) is 4.79 Å². The van der Waals surface area contributed by atoms with Gasteiger partial charge in [-0.05, 0) is 32.4 Å². The molecule has 4 heterocycles. The maximum absolute atomic E-state index is 12.2. The molecule has 0 N–H and O–H groups in total. The zero-order chi connectivity index (χ0) is 15.8. The van der Waals surface area contributed by atoms with Gasteiger partial charge in [0.2, 0.25) is 4.96 Å². The number of aromatic nitrogens is 5. The topological polar surface area (TPSA) is 68.3 Å². The van der Waals surface area contributed by atoms with Crippen LogP contribution in [0.25, 0.3) is 4.96 Å². The van der Waals surface area contributed by atoms with Gasteiger partial charge in [0.1, 0.15) is 5.01 Å². The van der Waals surface area contributed by atoms with E-state index in [1.54, 1.807) is 6.07 Å². The summed E-state index contributed by atoms with van der Waals surface area (Å²) in [6.07, 6.45) is 6.13. The predicted octanol–water partition coefficient (Wildman–Crippen LogP) is 1.32. The molecular weight excluding hydrogens is 312 g/mol. The summed E-state index contributed by atoms with van der Waals surface area (Å²) in [5.74, 6) is 0. The first-order valence-corrected chi connectivity index (χ1v) is 8.58. The van der Waals surface area contributed by atoms with Crippen molar-refractivity contribution in [2.45, 2.75) is 38.9 Å². The molecule has 0 saturated carbocycles. The van der Waals surface area contributed by atoms with Gasteiger partial charge in [-0.3, -0.25) is 14.4 Å². The van der Waals surface area contributed by atoms with Crippen LogP contribution in [0.2, 0.25) is 0 Å². The van der Waals surface area contributed by atoms with Crippen LogP contribution in [0, 0.1) is 6.92 Å². The molecule has 0 amide bonds. The standard InChI is InChI=1S/C15H18N6OS/c1-11-18-21-14(22)8-12(17-15(21)23-11)9-19-6-2-4-13(19)10-20-7-3-5-16-20/h3,5,7-8,13H,2,4,6,9-10H2,1H3. The van der Waals surface area contributed by atoms with Crippen LogP contribution in [0.15, 0.2) is 29.3 Å². The smallest absolute Gasteiger partial charge is 0.275 e. The summed E-state index contributed by atoms with van der Waals surface area (Å²) in [6.45, 7) is 4.51. The van der Waals surface area contributed by atoms with Crippen molar-refractivity contribution in [3.05, 3.63) is 45.6 Å². The molecule has 0 bridgehead atoms. The second kappa shape index (κ2) is 5.86. The van der Waals surface area contributed by atoms with E-state index in [1.807, 2.05) is 30.1 Å². The summed E-state index contributed by atoms with van der Waals surface area (Å²) in [4.78, 5) is 19.8. The largest absolute Gasteiger partial charge is 0.293 e. The van der Waals surface area contributed by atoms with E-state index in [-0.39, 0.29) is 5.56 Å². The fourth-order valence-electron chi connectivity index (χ4n) is 3.18. The highest BCUT2D eigenvalue weighted by atomic mass is 32.1. The Balaban J connectivity index is 1.55. The minimum atomic E-state index is -0.0998. The molecule has 7 nitrogen and oxygen atoms in total. The van der Waals surface area contributed by atoms with Gasteiger partial charge < -0.3 is 0 Å². The lowest BCUT2D eigenvalue weighted by Crippen LogP contribution is -2.33. The lowest BCUT2D eigenvalue weighted by molar-refractivity contribution is 0.217. The second-order valence-corrected chi connectivity index (χ2v) is 7.06. The van der Waals surface area contributed by atoms with Gasteiger partial charge in [-0.1, -0.05) is 11.3 Å². The van der Waals surface area contributed by atoms with Gasteiger partial charge in [0.05, 0.1) is 12.2 Å². The Kier molecular flexibility index (Phi) is 3.70. The number of hydrogen-bond donors (Lipinski definition) is 0. The molecule has 1 fully saturated rings. The summed E-state index contributed by atoms with van der Waals surface area (Å²) in [7, 11) is 0. The molecule has 0 spiro atoms. The van der Waals surface area contributed by atoms with Gasteiger partial charge in [0, 0.05) is 31.0 Å². The zero-order valence-corrected chi connectivity index (χ0v) is 13.7. The maximum atomic E-state index is 12.2. The molecule has 4 rings (SSSR count). The molecular formula is C15H18N6OS. The first-order chi connectivity index (χ1) is 11.2. The summed E-state index contributed by atoms with van der Waals surface area (Å²) in [5.41, 5.74) is 0.725. The summed E-state index contributed by atoms with van der Waals surface area (Å²) < 4.78 is 3.36. The lowest BCUT2D eigenvalue weighted by atomic mass is 10.2. The Morgan fingerprint density at radius 3 is 3.17 bits per heavy atom. The van der Waals surface area contributed by atoms with Crippen molar-refractivity contribution in [2.24, 2.45) is 0 Å². The Labute approximate surface area is 137 Å². The van der Waals surface area contributed by atoms with Crippen molar-refractivity contribution in [1.29, 1.82) is 0 Å². The fraction of sp³-hybridized carbons (Fsp3) is 0.467. The molecule has 120 valence electrons. The Morgan fingerprint density at radius 1 is 1.43 bits per heavy atom. The number of likely N-dealkylation sites (tertiary alicyclic amines) is 1. The number of fused-ring (bicyclic) bond motifs is 1. The average Bonchev–Trinajstić information content (AvgIpc) is 3.22. The van der Waals surface area contributed by atoms with Gasteiger partial charge in [-0.2, -0.15) is 14.7 Å². The predicted molar refractivity (Wildman–Crippen MR) is 87.5 cm³/mol. The van der Waals surface area contributed by atoms with Crippen LogP contribution in [-0.2, 0) is 13.1 Å². The highest BCUT2D eigenvalue weighted by molar-refractivity contribution is 7.16. The Hall–Kier alpha value is -2.06. The average molecular weight is 330 g/mol. The fourth-order valence-corrected chi connectivity index (χ4v) is 3.94. The van der Waals surface area contributed by atoms with Crippen molar-refractivity contribution < 1.29 is 0 Å². The number of hydrogen-bond acceptors (Lipinski definition) is 6. The van der Waals surface area contributed by atoms with Crippen LogP contribution in [0.1, 0.15) is 23.5 Å². The van der Waals surface area contributed by atoms with E-state index in [0.717, 1.165) is 30.2 Å². The van der Waals surface area contributed by atoms with Crippen LogP contribution >= 0.6 is 11.3 Å². The molecule has 1 aliphatic heterocycles. The van der Waals surface area contributed by atoms with E-state index in [1.165, 1.54) is 22.3 Å². The van der Waals surface area contributed by atoms with Gasteiger partial charge in [0.25, 0.3) is 5.56 Å². The van der Waals surface area contributed by atoms with Crippen LogP contribution in [0.3, 0.4) is 0 Å². The minimum Gasteiger partial charge on any atom is -0.293 e. The molecule has 1 aliphatic rings. The highest BCUT2D eigenvalue weighted by Gasteiger charge is 2.25. The maximum Gasteiger partial charge on any atom is 0.275 e. The molecule has 0 radical (unpaired) electrons.